The summed E-state index contributed by atoms with van der Waals surface area (Å²) in [6.07, 6.45) is 3.84. The number of para-hydroxylation sites is 1. The maximum atomic E-state index is 6.07. The topological polar surface area (TPSA) is 38.9 Å². The molecule has 0 bridgehead atoms. The first kappa shape index (κ1) is 36.5. The number of hydrogen-bond acceptors (Lipinski definition) is 3. The van der Waals surface area contributed by atoms with Crippen molar-refractivity contribution >= 4 is 86.8 Å². The molecule has 256 valence electrons. The van der Waals surface area contributed by atoms with Gasteiger partial charge in [-0.25, -0.2) is 0 Å². The molecule has 0 fully saturated rings. The van der Waals surface area contributed by atoms with Crippen LogP contribution in [-0.4, -0.2) is 9.97 Å². The zero-order chi connectivity index (χ0) is 36.3. The maximum Gasteiger partial charge on any atom is 0.136 e. The molecule has 3 heteroatoms. The van der Waals surface area contributed by atoms with Gasteiger partial charge in [0.15, 0.2) is 0 Å². The maximum absolute atomic E-state index is 6.07. The van der Waals surface area contributed by atoms with Crippen LogP contribution >= 0.6 is 0 Å². The summed E-state index contributed by atoms with van der Waals surface area (Å²) in [5, 5.41) is 14.7. The molecule has 3 aromatic heterocycles. The molecule has 0 aliphatic carbocycles. The number of benzene rings is 7. The van der Waals surface area contributed by atoms with Gasteiger partial charge in [0.25, 0.3) is 0 Å². The first-order valence-corrected chi connectivity index (χ1v) is 18.5. The monoisotopic (exact) mass is 668 g/mol. The molecule has 0 N–H and O–H groups in total. The normalized spacial score (nSPS) is 10.4. The van der Waals surface area contributed by atoms with Crippen LogP contribution in [-0.2, 0) is 0 Å². The van der Waals surface area contributed by atoms with E-state index in [0.717, 1.165) is 27.6 Å². The Labute approximate surface area is 301 Å². The van der Waals surface area contributed by atoms with Gasteiger partial charge in [-0.3, -0.25) is 9.97 Å². The van der Waals surface area contributed by atoms with Crippen molar-refractivity contribution in [1.82, 2.24) is 9.97 Å². The van der Waals surface area contributed by atoms with Crippen molar-refractivity contribution in [2.24, 2.45) is 0 Å². The fraction of sp³-hybridized carbons (Fsp3) is 0.167. The van der Waals surface area contributed by atoms with Crippen LogP contribution in [0.4, 0.5) is 0 Å². The highest BCUT2D eigenvalue weighted by molar-refractivity contribution is 6.30. The minimum atomic E-state index is 0.958. The number of aromatic nitrogens is 2. The summed E-state index contributed by atoms with van der Waals surface area (Å²) in [5.41, 5.74) is 3.99. The molecular weight excluding hydrogens is 621 g/mol. The quantitative estimate of drug-likeness (QED) is 0.151. The molecular formula is C48H48N2O. The van der Waals surface area contributed by atoms with E-state index in [0.29, 0.717) is 0 Å². The van der Waals surface area contributed by atoms with Crippen LogP contribution in [0.3, 0.4) is 0 Å². The Morgan fingerprint density at radius 3 is 1.39 bits per heavy atom. The van der Waals surface area contributed by atoms with E-state index in [1.54, 1.807) is 0 Å². The first-order chi connectivity index (χ1) is 25.3. The standard InChI is InChI=1S/C20H12N2.C20H12O.4C2H6/c1-2-7-14-13(6-1)19-16-8-3-4-10-18(16)22-12-17(19)15-9-5-11-21-20(14)15;1-3-7-15-13(5-1)9-11-17-19(15)20-16-8-4-2-6-14(16)10-12-18(20)21-17;4*1-2/h1-12H;1-12H;4*1-2H3. The summed E-state index contributed by atoms with van der Waals surface area (Å²) in [6, 6.07) is 46.3. The van der Waals surface area contributed by atoms with E-state index < -0.39 is 0 Å². The van der Waals surface area contributed by atoms with E-state index in [2.05, 4.69) is 131 Å². The Morgan fingerprint density at radius 2 is 0.804 bits per heavy atom. The lowest BCUT2D eigenvalue weighted by Crippen LogP contribution is -1.88. The molecule has 0 radical (unpaired) electrons. The molecule has 10 aromatic rings. The zero-order valence-electron chi connectivity index (χ0n) is 31.2. The van der Waals surface area contributed by atoms with Crippen LogP contribution in [0.2, 0.25) is 0 Å². The Bertz CT molecular complexity index is 2550. The number of furan rings is 1. The van der Waals surface area contributed by atoms with Crippen LogP contribution in [0.25, 0.3) is 86.8 Å². The predicted octanol–water partition coefficient (Wildman–Crippen LogP) is 15.1. The Kier molecular flexibility index (Phi) is 12.3. The second-order valence-electron chi connectivity index (χ2n) is 10.9. The highest BCUT2D eigenvalue weighted by Crippen LogP contribution is 2.39. The number of fused-ring (bicyclic) bond motifs is 15. The molecule has 10 rings (SSSR count). The number of rotatable bonds is 0. The fourth-order valence-electron chi connectivity index (χ4n) is 6.69. The Morgan fingerprint density at radius 1 is 0.353 bits per heavy atom. The number of pyridine rings is 2. The highest BCUT2D eigenvalue weighted by atomic mass is 16.3. The highest BCUT2D eigenvalue weighted by Gasteiger charge is 2.13. The van der Waals surface area contributed by atoms with E-state index in [1.165, 1.54) is 59.2 Å². The molecule has 0 atom stereocenters. The molecule has 0 saturated carbocycles. The minimum Gasteiger partial charge on any atom is -0.456 e. The summed E-state index contributed by atoms with van der Waals surface area (Å²) in [7, 11) is 0. The van der Waals surface area contributed by atoms with Crippen molar-refractivity contribution in [1.29, 1.82) is 0 Å². The third kappa shape index (κ3) is 6.72. The van der Waals surface area contributed by atoms with E-state index in [9.17, 15) is 0 Å². The Balaban J connectivity index is 0.000000166. The molecule has 0 aliphatic rings. The largest absolute Gasteiger partial charge is 0.456 e. The van der Waals surface area contributed by atoms with Crippen molar-refractivity contribution in [2.45, 2.75) is 55.4 Å². The summed E-state index contributed by atoms with van der Waals surface area (Å²) in [5.74, 6) is 0. The molecule has 0 saturated heterocycles. The van der Waals surface area contributed by atoms with Gasteiger partial charge in [0, 0.05) is 50.1 Å². The fourth-order valence-corrected chi connectivity index (χ4v) is 6.69. The second-order valence-corrected chi connectivity index (χ2v) is 10.9. The summed E-state index contributed by atoms with van der Waals surface area (Å²) < 4.78 is 6.07. The Hall–Kier alpha value is -5.80. The van der Waals surface area contributed by atoms with Gasteiger partial charge in [-0.1, -0.05) is 165 Å². The molecule has 0 unspecified atom stereocenters. The van der Waals surface area contributed by atoms with Gasteiger partial charge in [0.2, 0.25) is 0 Å². The van der Waals surface area contributed by atoms with E-state index in [4.69, 9.17) is 4.42 Å². The lowest BCUT2D eigenvalue weighted by Gasteiger charge is -2.11. The average molecular weight is 669 g/mol. The van der Waals surface area contributed by atoms with Crippen molar-refractivity contribution in [3.05, 3.63) is 146 Å². The number of hydrogen-bond donors (Lipinski definition) is 0. The summed E-state index contributed by atoms with van der Waals surface area (Å²) in [6.45, 7) is 16.0. The molecule has 51 heavy (non-hydrogen) atoms. The third-order valence-electron chi connectivity index (χ3n) is 8.58. The molecule has 0 spiro atoms. The van der Waals surface area contributed by atoms with Gasteiger partial charge in [-0.05, 0) is 51.2 Å². The second kappa shape index (κ2) is 17.2. The molecule has 0 aliphatic heterocycles. The SMILES string of the molecule is CC.CC.CC.CC.c1ccc2c(c1)ccc1oc3ccc4ccccc4c3c12.c1ccc2c(c1)ncc1c3cccnc3c3ccccc3c21. The number of nitrogens with zero attached hydrogens (tertiary/aromatic N) is 2. The van der Waals surface area contributed by atoms with E-state index in [1.807, 2.05) is 79.9 Å². The third-order valence-corrected chi connectivity index (χ3v) is 8.58. The summed E-state index contributed by atoms with van der Waals surface area (Å²) in [4.78, 5) is 9.25. The first-order valence-electron chi connectivity index (χ1n) is 18.5. The van der Waals surface area contributed by atoms with Crippen LogP contribution in [0.1, 0.15) is 55.4 Å². The molecule has 3 heterocycles. The average Bonchev–Trinajstić information content (AvgIpc) is 3.64. The predicted molar refractivity (Wildman–Crippen MR) is 226 cm³/mol. The van der Waals surface area contributed by atoms with Crippen LogP contribution in [0, 0.1) is 0 Å². The van der Waals surface area contributed by atoms with Crippen molar-refractivity contribution < 1.29 is 4.42 Å². The van der Waals surface area contributed by atoms with Gasteiger partial charge in [0.1, 0.15) is 11.2 Å². The lowest BCUT2D eigenvalue weighted by atomic mass is 9.95. The van der Waals surface area contributed by atoms with Gasteiger partial charge in [-0.2, -0.15) is 0 Å². The van der Waals surface area contributed by atoms with E-state index >= 15 is 0 Å². The molecule has 3 nitrogen and oxygen atoms in total. The van der Waals surface area contributed by atoms with Crippen molar-refractivity contribution in [2.75, 3.05) is 0 Å². The van der Waals surface area contributed by atoms with Crippen molar-refractivity contribution in [3.63, 3.8) is 0 Å². The van der Waals surface area contributed by atoms with Crippen molar-refractivity contribution in [3.8, 4) is 0 Å². The minimum absolute atomic E-state index is 0.958. The van der Waals surface area contributed by atoms with Gasteiger partial charge < -0.3 is 4.42 Å². The van der Waals surface area contributed by atoms with E-state index in [-0.39, 0.29) is 0 Å². The van der Waals surface area contributed by atoms with Gasteiger partial charge >= 0.3 is 0 Å². The van der Waals surface area contributed by atoms with Gasteiger partial charge in [-0.15, -0.1) is 0 Å². The smallest absolute Gasteiger partial charge is 0.136 e. The van der Waals surface area contributed by atoms with Crippen LogP contribution in [0.5, 0.6) is 0 Å². The summed E-state index contributed by atoms with van der Waals surface area (Å²) >= 11 is 0. The zero-order valence-corrected chi connectivity index (χ0v) is 31.2. The molecule has 0 amide bonds. The lowest BCUT2D eigenvalue weighted by molar-refractivity contribution is 0.669. The van der Waals surface area contributed by atoms with Crippen LogP contribution in [0.15, 0.2) is 150 Å². The van der Waals surface area contributed by atoms with Gasteiger partial charge in [0.05, 0.1) is 11.0 Å². The van der Waals surface area contributed by atoms with Crippen LogP contribution < -0.4 is 0 Å². The molecule has 7 aromatic carbocycles.